The number of guanidine groups is 1. The van der Waals surface area contributed by atoms with Crippen LogP contribution in [-0.4, -0.2) is 168 Å². The highest BCUT2D eigenvalue weighted by atomic mass is 16.4. The number of nitrogens with two attached hydrogens (primary N) is 6. The number of carboxylic acids is 1. The molecule has 0 bridgehead atoms. The molecule has 0 fully saturated rings. The van der Waals surface area contributed by atoms with Crippen LogP contribution in [-0.2, 0) is 54.4 Å². The Kier molecular flexibility index (Phi) is 31.7. The molecule has 9 amide bonds. The van der Waals surface area contributed by atoms with Crippen molar-refractivity contribution in [2.24, 2.45) is 45.3 Å². The molecule has 0 saturated heterocycles. The summed E-state index contributed by atoms with van der Waals surface area (Å²) < 4.78 is 0. The molecule has 422 valence electrons. The zero-order valence-electron chi connectivity index (χ0n) is 43.0. The highest BCUT2D eigenvalue weighted by Crippen LogP contribution is 2.13. The van der Waals surface area contributed by atoms with E-state index in [0.29, 0.717) is 31.2 Å². The lowest BCUT2D eigenvalue weighted by molar-refractivity contribution is -0.142. The molecule has 75 heavy (non-hydrogen) atoms. The summed E-state index contributed by atoms with van der Waals surface area (Å²) in [6.45, 7) is 3.31. The van der Waals surface area contributed by atoms with Crippen molar-refractivity contribution < 1.29 is 63.3 Å². The minimum atomic E-state index is -1.70. The molecule has 0 saturated carbocycles. The number of carboxylic acid groups (broad SMARTS) is 1. The maximum Gasteiger partial charge on any atom is 0.326 e. The Hall–Kier alpha value is -7.01. The van der Waals surface area contributed by atoms with E-state index in [1.165, 1.54) is 6.92 Å². The smallest absolute Gasteiger partial charge is 0.326 e. The third-order valence-corrected chi connectivity index (χ3v) is 11.9. The molecular weight excluding hydrogens is 983 g/mol. The molecule has 0 aliphatic heterocycles. The molecule has 1 aromatic rings. The van der Waals surface area contributed by atoms with Crippen molar-refractivity contribution >= 4 is 65.1 Å². The van der Waals surface area contributed by atoms with Crippen molar-refractivity contribution in [2.45, 2.75) is 152 Å². The fraction of sp³-hybridized carbons (Fsp3) is 0.638. The standard InChI is InChI=1S/C47H81N15O13/c1-4-26(2)37(62-42(70)32(17-12-22-54-47(52)53)56-39(67)29(50)18-19-36(51)65)45(73)58-30(15-8-10-20-48)40(68)55-27(3)38(66)60-34(24-63)43(71)57-31(16-9-11-21-49)41(69)61-35(25-64)44(72)59-33(46(74)75)23-28-13-6-5-7-14-28/h5-7,13-14,26-27,29-35,37,63-64H,4,8-12,15-25,48-50H2,1-3H3,(H2,51,65)(H,55,68)(H,56,67)(H,57,71)(H,58,73)(H,59,72)(H,60,66)(H,61,69)(H,62,70)(H,74,75)(H4,52,53,54)/t26-,27-,29-,30-,31-,32-,33-,34-,35-,37-/m0/s1. The van der Waals surface area contributed by atoms with Crippen LogP contribution >= 0.6 is 0 Å². The van der Waals surface area contributed by atoms with Gasteiger partial charge in [-0.15, -0.1) is 0 Å². The Bertz CT molecular complexity index is 2050. The monoisotopic (exact) mass is 1060 g/mol. The second-order valence-electron chi connectivity index (χ2n) is 18.0. The molecule has 0 unspecified atom stereocenters. The number of amides is 9. The van der Waals surface area contributed by atoms with Crippen molar-refractivity contribution in [3.63, 3.8) is 0 Å². The zero-order valence-corrected chi connectivity index (χ0v) is 43.0. The summed E-state index contributed by atoms with van der Waals surface area (Å²) in [6.07, 6.45) is 1.62. The summed E-state index contributed by atoms with van der Waals surface area (Å²) >= 11 is 0. The van der Waals surface area contributed by atoms with Crippen molar-refractivity contribution in [1.29, 1.82) is 0 Å². The molecule has 28 heteroatoms. The number of benzene rings is 1. The number of nitrogens with zero attached hydrogens (tertiary/aromatic N) is 1. The average Bonchev–Trinajstić information content (AvgIpc) is 3.37. The number of aliphatic hydroxyl groups is 2. The van der Waals surface area contributed by atoms with E-state index < -0.39 is 133 Å². The van der Waals surface area contributed by atoms with Gasteiger partial charge in [0.15, 0.2) is 5.96 Å². The number of nitrogens with one attached hydrogen (secondary N) is 8. The minimum absolute atomic E-state index is 0.00143. The Morgan fingerprint density at radius 2 is 0.987 bits per heavy atom. The predicted molar refractivity (Wildman–Crippen MR) is 275 cm³/mol. The van der Waals surface area contributed by atoms with E-state index in [0.717, 1.165) is 0 Å². The van der Waals surface area contributed by atoms with Gasteiger partial charge in [0.05, 0.1) is 19.3 Å². The third-order valence-electron chi connectivity index (χ3n) is 11.9. The molecule has 10 atom stereocenters. The first-order chi connectivity index (χ1) is 35.5. The Morgan fingerprint density at radius 1 is 0.547 bits per heavy atom. The van der Waals surface area contributed by atoms with Crippen LogP contribution in [0.1, 0.15) is 97.0 Å². The van der Waals surface area contributed by atoms with E-state index in [-0.39, 0.29) is 77.0 Å². The van der Waals surface area contributed by atoms with E-state index in [9.17, 15) is 63.3 Å². The summed E-state index contributed by atoms with van der Waals surface area (Å²) in [6, 6.07) is -4.18. The van der Waals surface area contributed by atoms with Gasteiger partial charge in [-0.3, -0.25) is 48.1 Å². The molecule has 0 aliphatic carbocycles. The number of carbonyl (C=O) groups excluding carboxylic acids is 9. The Morgan fingerprint density at radius 3 is 1.47 bits per heavy atom. The van der Waals surface area contributed by atoms with E-state index in [1.807, 2.05) is 0 Å². The summed E-state index contributed by atoms with van der Waals surface area (Å²) in [4.78, 5) is 135. The molecule has 23 N–H and O–H groups in total. The Balaban J connectivity index is 3.23. The van der Waals surface area contributed by atoms with Gasteiger partial charge in [0.2, 0.25) is 53.2 Å². The molecule has 0 aromatic heterocycles. The lowest BCUT2D eigenvalue weighted by atomic mass is 9.96. The largest absolute Gasteiger partial charge is 0.480 e. The van der Waals surface area contributed by atoms with Crippen LogP contribution < -0.4 is 76.9 Å². The number of primary amides is 1. The lowest BCUT2D eigenvalue weighted by Crippen LogP contribution is -2.61. The molecule has 0 heterocycles. The normalized spacial score (nSPS) is 15.0. The van der Waals surface area contributed by atoms with Crippen molar-refractivity contribution in [2.75, 3.05) is 32.8 Å². The number of hydrogen-bond donors (Lipinski definition) is 17. The summed E-state index contributed by atoms with van der Waals surface area (Å²) in [5.41, 5.74) is 33.9. The first kappa shape index (κ1) is 66.0. The minimum Gasteiger partial charge on any atom is -0.480 e. The van der Waals surface area contributed by atoms with E-state index in [1.54, 1.807) is 44.2 Å². The van der Waals surface area contributed by atoms with Gasteiger partial charge >= 0.3 is 5.97 Å². The van der Waals surface area contributed by atoms with Gasteiger partial charge < -0.3 is 92.3 Å². The van der Waals surface area contributed by atoms with Gasteiger partial charge in [-0.2, -0.15) is 0 Å². The van der Waals surface area contributed by atoms with E-state index in [2.05, 4.69) is 47.5 Å². The zero-order chi connectivity index (χ0) is 56.6. The van der Waals surface area contributed by atoms with E-state index >= 15 is 0 Å². The summed E-state index contributed by atoms with van der Waals surface area (Å²) in [7, 11) is 0. The number of aliphatic hydroxyl groups excluding tert-OH is 2. The van der Waals surface area contributed by atoms with Gasteiger partial charge in [-0.1, -0.05) is 50.6 Å². The number of aliphatic carboxylic acids is 1. The molecule has 0 aliphatic rings. The average molecular weight is 1060 g/mol. The van der Waals surface area contributed by atoms with Gasteiger partial charge in [0.1, 0.15) is 48.3 Å². The SMILES string of the molecule is CC[C@H](C)[C@H](NC(=O)[C@H](CCCN=C(N)N)NC(=O)[C@@H](N)CCC(N)=O)C(=O)N[C@@H](CCCCN)C(=O)N[C@@H](C)C(=O)N[C@@H](CO)C(=O)N[C@@H](CCCCN)C(=O)N[C@@H](CO)C(=O)N[C@@H](Cc1ccccc1)C(=O)O. The molecule has 1 rings (SSSR count). The third kappa shape index (κ3) is 25.7. The van der Waals surface area contributed by atoms with Crippen molar-refractivity contribution in [3.8, 4) is 0 Å². The first-order valence-corrected chi connectivity index (χ1v) is 24.9. The highest BCUT2D eigenvalue weighted by molar-refractivity contribution is 5.98. The second-order valence-corrected chi connectivity index (χ2v) is 18.0. The maximum absolute atomic E-state index is 14.0. The fourth-order valence-electron chi connectivity index (χ4n) is 7.15. The van der Waals surface area contributed by atoms with Crippen molar-refractivity contribution in [1.82, 2.24) is 42.5 Å². The quantitative estimate of drug-likeness (QED) is 0.0167. The lowest BCUT2D eigenvalue weighted by Gasteiger charge is -2.29. The van der Waals surface area contributed by atoms with Crippen LogP contribution in [0.4, 0.5) is 0 Å². The summed E-state index contributed by atoms with van der Waals surface area (Å²) in [5, 5.41) is 49.7. The van der Waals surface area contributed by atoms with Gasteiger partial charge in [0.25, 0.3) is 0 Å². The summed E-state index contributed by atoms with van der Waals surface area (Å²) in [5.74, 6) is -9.97. The highest BCUT2D eigenvalue weighted by Gasteiger charge is 2.35. The number of carbonyl (C=O) groups is 10. The number of hydrogen-bond acceptors (Lipinski definition) is 16. The molecule has 0 radical (unpaired) electrons. The van der Waals surface area contributed by atoms with Gasteiger partial charge in [0, 0.05) is 19.4 Å². The maximum atomic E-state index is 14.0. The Labute approximate surface area is 436 Å². The van der Waals surface area contributed by atoms with Gasteiger partial charge in [-0.05, 0) is 89.3 Å². The van der Waals surface area contributed by atoms with Crippen LogP contribution in [0, 0.1) is 5.92 Å². The molecule has 28 nitrogen and oxygen atoms in total. The van der Waals surface area contributed by atoms with Crippen LogP contribution in [0.2, 0.25) is 0 Å². The number of aliphatic imine (C=N–C) groups is 1. The topological polar surface area (TPSA) is 496 Å². The van der Waals surface area contributed by atoms with E-state index in [4.69, 9.17) is 34.4 Å². The number of rotatable bonds is 38. The van der Waals surface area contributed by atoms with Crippen molar-refractivity contribution in [3.05, 3.63) is 35.9 Å². The molecular formula is C47H81N15O13. The van der Waals surface area contributed by atoms with Crippen LogP contribution in [0.5, 0.6) is 0 Å². The fourth-order valence-corrected chi connectivity index (χ4v) is 7.15. The number of unbranched alkanes of at least 4 members (excludes halogenated alkanes) is 2. The predicted octanol–water partition coefficient (Wildman–Crippen LogP) is -5.85. The van der Waals surface area contributed by atoms with Crippen LogP contribution in [0.15, 0.2) is 35.3 Å². The van der Waals surface area contributed by atoms with Crippen LogP contribution in [0.25, 0.3) is 0 Å². The van der Waals surface area contributed by atoms with Gasteiger partial charge in [-0.25, -0.2) is 4.79 Å². The first-order valence-electron chi connectivity index (χ1n) is 24.9. The molecule has 0 spiro atoms. The second kappa shape index (κ2) is 36.0. The van der Waals surface area contributed by atoms with Crippen LogP contribution in [0.3, 0.4) is 0 Å². The molecule has 1 aromatic carbocycles.